The fraction of sp³-hybridized carbons (Fsp3) is 0.385. The van der Waals surface area contributed by atoms with Gasteiger partial charge in [-0.25, -0.2) is 9.89 Å². The van der Waals surface area contributed by atoms with Crippen LogP contribution in [0.25, 0.3) is 0 Å². The first-order valence-electron chi connectivity index (χ1n) is 6.33. The molecule has 0 radical (unpaired) electrons. The van der Waals surface area contributed by atoms with Gasteiger partial charge < -0.3 is 10.5 Å². The number of nitrogens with zero attached hydrogens (tertiary/aromatic N) is 2. The van der Waals surface area contributed by atoms with E-state index in [-0.39, 0.29) is 11.7 Å². The van der Waals surface area contributed by atoms with E-state index in [2.05, 4.69) is 10.2 Å². The van der Waals surface area contributed by atoms with Gasteiger partial charge in [-0.15, -0.1) is 5.10 Å². The lowest BCUT2D eigenvalue weighted by Gasteiger charge is -2.12. The Labute approximate surface area is 121 Å². The van der Waals surface area contributed by atoms with Crippen LogP contribution in [0.5, 0.6) is 5.75 Å². The summed E-state index contributed by atoms with van der Waals surface area (Å²) in [6.45, 7) is 2.50. The average Bonchev–Trinajstić information content (AvgIpc) is 2.85. The van der Waals surface area contributed by atoms with Crippen molar-refractivity contribution in [3.8, 4) is 5.75 Å². The molecule has 2 rings (SSSR count). The van der Waals surface area contributed by atoms with Gasteiger partial charge in [-0.1, -0.05) is 23.9 Å². The number of H-pyrrole nitrogens is 1. The van der Waals surface area contributed by atoms with Crippen molar-refractivity contribution in [1.82, 2.24) is 14.8 Å². The number of aromatic nitrogens is 3. The van der Waals surface area contributed by atoms with Gasteiger partial charge in [0.15, 0.2) is 5.16 Å². The molecule has 1 unspecified atom stereocenters. The second kappa shape index (κ2) is 6.62. The zero-order valence-electron chi connectivity index (χ0n) is 11.5. The minimum Gasteiger partial charge on any atom is -0.497 e. The van der Waals surface area contributed by atoms with Crippen LogP contribution >= 0.6 is 11.8 Å². The van der Waals surface area contributed by atoms with Crippen molar-refractivity contribution in [2.45, 2.75) is 24.7 Å². The van der Waals surface area contributed by atoms with Gasteiger partial charge in [-0.3, -0.25) is 4.57 Å². The summed E-state index contributed by atoms with van der Waals surface area (Å²) in [7, 11) is 1.63. The number of aromatic amines is 1. The Hall–Kier alpha value is -1.73. The minimum atomic E-state index is -0.187. The number of ether oxygens (including phenoxy) is 1. The highest BCUT2D eigenvalue weighted by Gasteiger charge is 2.11. The zero-order valence-corrected chi connectivity index (χ0v) is 12.3. The second-order valence-corrected chi connectivity index (χ2v) is 5.23. The van der Waals surface area contributed by atoms with Crippen LogP contribution in [0.2, 0.25) is 0 Å². The molecule has 1 aromatic heterocycles. The van der Waals surface area contributed by atoms with Crippen LogP contribution in [0.4, 0.5) is 0 Å². The van der Waals surface area contributed by atoms with Gasteiger partial charge in [0, 0.05) is 18.3 Å². The molecule has 0 saturated carbocycles. The number of thioether (sulfide) groups is 1. The van der Waals surface area contributed by atoms with Gasteiger partial charge in [0.2, 0.25) is 0 Å². The molecule has 1 atom stereocenters. The van der Waals surface area contributed by atoms with E-state index in [0.29, 0.717) is 17.5 Å². The van der Waals surface area contributed by atoms with Crippen LogP contribution < -0.4 is 16.2 Å². The van der Waals surface area contributed by atoms with Crippen LogP contribution in [0, 0.1) is 0 Å². The molecule has 2 aromatic rings. The fourth-order valence-electron chi connectivity index (χ4n) is 1.80. The molecule has 7 heteroatoms. The van der Waals surface area contributed by atoms with Crippen LogP contribution in [0.3, 0.4) is 0 Å². The van der Waals surface area contributed by atoms with Gasteiger partial charge >= 0.3 is 5.69 Å². The van der Waals surface area contributed by atoms with E-state index in [0.717, 1.165) is 11.3 Å². The Bertz CT molecular complexity index is 606. The smallest absolute Gasteiger partial charge is 0.343 e. The predicted molar refractivity (Wildman–Crippen MR) is 79.2 cm³/mol. The second-order valence-electron chi connectivity index (χ2n) is 4.25. The maximum atomic E-state index is 11.4. The Kier molecular flexibility index (Phi) is 4.86. The molecule has 0 bridgehead atoms. The molecular weight excluding hydrogens is 276 g/mol. The minimum absolute atomic E-state index is 0.122. The summed E-state index contributed by atoms with van der Waals surface area (Å²) in [5, 5.41) is 7.11. The Morgan fingerprint density at radius 2 is 2.15 bits per heavy atom. The molecule has 0 spiro atoms. The highest BCUT2D eigenvalue weighted by atomic mass is 32.2. The number of hydrogen-bond donors (Lipinski definition) is 2. The zero-order chi connectivity index (χ0) is 14.5. The molecule has 1 aromatic carbocycles. The van der Waals surface area contributed by atoms with E-state index >= 15 is 0 Å². The average molecular weight is 294 g/mol. The van der Waals surface area contributed by atoms with Crippen LogP contribution in [-0.2, 0) is 6.54 Å². The van der Waals surface area contributed by atoms with Gasteiger partial charge in [0.05, 0.1) is 7.11 Å². The van der Waals surface area contributed by atoms with E-state index < -0.39 is 0 Å². The van der Waals surface area contributed by atoms with E-state index in [4.69, 9.17) is 10.5 Å². The first kappa shape index (κ1) is 14.7. The Morgan fingerprint density at radius 3 is 2.75 bits per heavy atom. The van der Waals surface area contributed by atoms with E-state index in [1.54, 1.807) is 11.7 Å². The molecule has 0 saturated heterocycles. The van der Waals surface area contributed by atoms with Crippen molar-refractivity contribution < 1.29 is 4.74 Å². The molecule has 3 N–H and O–H groups in total. The Balaban J connectivity index is 2.00. The molecule has 0 fully saturated rings. The first-order valence-corrected chi connectivity index (χ1v) is 7.31. The van der Waals surface area contributed by atoms with Crippen LogP contribution in [-0.4, -0.2) is 27.6 Å². The summed E-state index contributed by atoms with van der Waals surface area (Å²) < 4.78 is 6.70. The summed E-state index contributed by atoms with van der Waals surface area (Å²) in [6, 6.07) is 7.54. The van der Waals surface area contributed by atoms with Gasteiger partial charge in [-0.05, 0) is 24.6 Å². The monoisotopic (exact) mass is 294 g/mol. The number of nitrogens with two attached hydrogens (primary N) is 1. The molecular formula is C13H18N4O2S. The summed E-state index contributed by atoms with van der Waals surface area (Å²) in [4.78, 5) is 11.4. The van der Waals surface area contributed by atoms with Crippen molar-refractivity contribution in [1.29, 1.82) is 0 Å². The molecule has 0 aliphatic heterocycles. The molecule has 1 heterocycles. The number of rotatable bonds is 6. The number of nitrogens with one attached hydrogen (secondary N) is 1. The predicted octanol–water partition coefficient (Wildman–Crippen LogP) is 1.39. The topological polar surface area (TPSA) is 85.9 Å². The van der Waals surface area contributed by atoms with Crippen molar-refractivity contribution >= 4 is 11.8 Å². The van der Waals surface area contributed by atoms with Crippen molar-refractivity contribution in [2.75, 3.05) is 12.9 Å². The largest absolute Gasteiger partial charge is 0.497 e. The molecule has 6 nitrogen and oxygen atoms in total. The first-order chi connectivity index (χ1) is 9.65. The van der Waals surface area contributed by atoms with Gasteiger partial charge in [0.25, 0.3) is 0 Å². The van der Waals surface area contributed by atoms with E-state index in [1.165, 1.54) is 11.8 Å². The van der Waals surface area contributed by atoms with Crippen LogP contribution in [0.15, 0.2) is 34.2 Å². The SMILES string of the molecule is CCn1c(SCC(N)c2ccc(OC)cc2)n[nH]c1=O. The highest BCUT2D eigenvalue weighted by Crippen LogP contribution is 2.22. The number of methoxy groups -OCH3 is 1. The lowest BCUT2D eigenvalue weighted by atomic mass is 10.1. The van der Waals surface area contributed by atoms with Crippen molar-refractivity contribution in [3.63, 3.8) is 0 Å². The van der Waals surface area contributed by atoms with E-state index in [9.17, 15) is 4.79 Å². The summed E-state index contributed by atoms with van der Waals surface area (Å²) in [5.74, 6) is 1.46. The molecule has 0 amide bonds. The van der Waals surface area contributed by atoms with Gasteiger partial charge in [-0.2, -0.15) is 0 Å². The third-order valence-electron chi connectivity index (χ3n) is 2.98. The van der Waals surface area contributed by atoms with E-state index in [1.807, 2.05) is 31.2 Å². The maximum absolute atomic E-state index is 11.4. The maximum Gasteiger partial charge on any atom is 0.343 e. The standard InChI is InChI=1S/C13H18N4O2S/c1-3-17-12(18)15-16-13(17)20-8-11(14)9-4-6-10(19-2)7-5-9/h4-7,11H,3,8,14H2,1-2H3,(H,15,18). The molecule has 20 heavy (non-hydrogen) atoms. The normalized spacial score (nSPS) is 12.3. The molecule has 108 valence electrons. The number of benzene rings is 1. The third kappa shape index (κ3) is 3.23. The van der Waals surface area contributed by atoms with Crippen LogP contribution in [0.1, 0.15) is 18.5 Å². The van der Waals surface area contributed by atoms with Crippen molar-refractivity contribution in [3.05, 3.63) is 40.3 Å². The summed E-state index contributed by atoms with van der Waals surface area (Å²) in [6.07, 6.45) is 0. The lowest BCUT2D eigenvalue weighted by Crippen LogP contribution is -2.17. The number of hydrogen-bond acceptors (Lipinski definition) is 5. The quantitative estimate of drug-likeness (QED) is 0.786. The lowest BCUT2D eigenvalue weighted by molar-refractivity contribution is 0.414. The highest BCUT2D eigenvalue weighted by molar-refractivity contribution is 7.99. The summed E-state index contributed by atoms with van der Waals surface area (Å²) in [5.41, 5.74) is 6.99. The van der Waals surface area contributed by atoms with Gasteiger partial charge in [0.1, 0.15) is 5.75 Å². The molecule has 0 aliphatic rings. The van der Waals surface area contributed by atoms with Crippen molar-refractivity contribution in [2.24, 2.45) is 5.73 Å². The molecule has 0 aliphatic carbocycles. The third-order valence-corrected chi connectivity index (χ3v) is 4.07. The fourth-order valence-corrected chi connectivity index (χ4v) is 2.80. The summed E-state index contributed by atoms with van der Waals surface area (Å²) >= 11 is 1.47. The Morgan fingerprint density at radius 1 is 1.45 bits per heavy atom.